The molecule has 0 saturated heterocycles. The molecule has 0 aliphatic heterocycles. The Morgan fingerprint density at radius 3 is 1.14 bits per heavy atom. The van der Waals surface area contributed by atoms with E-state index in [0.29, 0.717) is 6.42 Å². The molecule has 0 aromatic rings. The van der Waals surface area contributed by atoms with Crippen molar-refractivity contribution in [3.8, 4) is 0 Å². The summed E-state index contributed by atoms with van der Waals surface area (Å²) in [5.74, 6) is -0.108. The van der Waals surface area contributed by atoms with Gasteiger partial charge in [0.2, 0.25) is 0 Å². The number of hydrogen-bond acceptors (Lipinski definition) is 8. The second-order valence-corrected chi connectivity index (χ2v) is 4.14. The van der Waals surface area contributed by atoms with E-state index >= 15 is 0 Å². The summed E-state index contributed by atoms with van der Waals surface area (Å²) in [5, 5.41) is 41.7. The molecule has 0 radical (unpaired) electrons. The Hall–Kier alpha value is 0.252. The van der Waals surface area contributed by atoms with Crippen LogP contribution in [-0.2, 0) is 10.1 Å². The van der Waals surface area contributed by atoms with Crippen LogP contribution in [-0.4, -0.2) is 71.1 Å². The third-order valence-electron chi connectivity index (χ3n) is 0.756. The maximum Gasteiger partial charge on any atom is 1.00 e. The van der Waals surface area contributed by atoms with Gasteiger partial charge in [0.05, 0.1) is 5.75 Å². The van der Waals surface area contributed by atoms with Gasteiger partial charge in [-0.2, -0.15) is 8.42 Å². The van der Waals surface area contributed by atoms with Crippen molar-refractivity contribution >= 4 is 32.3 Å². The molecule has 0 aliphatic carbocycles. The molecule has 21 heavy (non-hydrogen) atoms. The van der Waals surface area contributed by atoms with Crippen LogP contribution in [0.4, 0.5) is 12.9 Å². The van der Waals surface area contributed by atoms with E-state index in [1.54, 1.807) is 0 Å². The average molecular weight is 338 g/mol. The molecule has 0 rings (SSSR count). The summed E-state index contributed by atoms with van der Waals surface area (Å²) in [6.45, 7) is 1.87. The minimum absolute atomic E-state index is 0. The van der Waals surface area contributed by atoms with Gasteiger partial charge in [-0.15, -0.1) is 0 Å². The fourth-order valence-corrected chi connectivity index (χ4v) is 0.980. The van der Waals surface area contributed by atoms with Crippen molar-refractivity contribution in [2.45, 2.75) is 19.8 Å². The monoisotopic (exact) mass is 338 g/mol. The van der Waals surface area contributed by atoms with E-state index in [0.717, 1.165) is 6.42 Å². The molecule has 0 aromatic carbocycles. The van der Waals surface area contributed by atoms with Gasteiger partial charge in [-0.25, -0.2) is 0 Å². The van der Waals surface area contributed by atoms with E-state index in [4.69, 9.17) is 34.7 Å². The normalized spacial score (nSPS) is 8.33. The van der Waals surface area contributed by atoms with Crippen LogP contribution in [0.15, 0.2) is 0 Å². The Balaban J connectivity index is -0.0000000400. The quantitative estimate of drug-likeness (QED) is 0.196. The minimum atomic E-state index is -3.69. The number of hydrogen-bond donors (Lipinski definition) is 7. The fourth-order valence-electron chi connectivity index (χ4n) is 0.327. The molecule has 124 valence electrons. The minimum Gasteiger partial charge on any atom is -1.00 e. The molecule has 0 spiro atoms. The SMILES string of the molecule is CCCCS(=O)(=O)O.OB(O)F.OB(O)F.OB(O)F.[H-].[Li+]. The predicted molar refractivity (Wildman–Crippen MR) is 66.3 cm³/mol. The summed E-state index contributed by atoms with van der Waals surface area (Å²) in [6.07, 6.45) is 1.33. The van der Waals surface area contributed by atoms with Crippen molar-refractivity contribution in [3.05, 3.63) is 0 Å². The maximum absolute atomic E-state index is 10.1. The van der Waals surface area contributed by atoms with E-state index in [2.05, 4.69) is 0 Å². The number of rotatable bonds is 3. The van der Waals surface area contributed by atoms with Gasteiger partial charge >= 0.3 is 41.0 Å². The zero-order valence-electron chi connectivity index (χ0n) is 12.3. The molecule has 0 fully saturated rings. The molecule has 0 bridgehead atoms. The maximum atomic E-state index is 10.1. The molecule has 0 aromatic heterocycles. The van der Waals surface area contributed by atoms with Gasteiger partial charge in [0.15, 0.2) is 0 Å². The Morgan fingerprint density at radius 2 is 1.10 bits per heavy atom. The summed E-state index contributed by atoms with van der Waals surface area (Å²) in [6, 6.07) is 0. The molecule has 0 heterocycles. The third kappa shape index (κ3) is 245. The van der Waals surface area contributed by atoms with E-state index in [-0.39, 0.29) is 26.0 Å². The molecular formula is C4H17B3F3LiO9S. The first kappa shape index (κ1) is 33.0. The Bertz CT molecular complexity index is 254. The van der Waals surface area contributed by atoms with Gasteiger partial charge in [0.25, 0.3) is 10.1 Å². The Labute approximate surface area is 134 Å². The molecule has 0 atom stereocenters. The summed E-state index contributed by atoms with van der Waals surface area (Å²) in [4.78, 5) is 0. The second kappa shape index (κ2) is 22.5. The first-order valence-electron chi connectivity index (χ1n) is 4.72. The summed E-state index contributed by atoms with van der Waals surface area (Å²) in [7, 11) is -11.7. The average Bonchev–Trinajstić information content (AvgIpc) is 2.10. The molecule has 0 amide bonds. The van der Waals surface area contributed by atoms with Gasteiger partial charge in [-0.1, -0.05) is 13.3 Å². The summed E-state index contributed by atoms with van der Waals surface area (Å²) < 4.78 is 58.3. The zero-order chi connectivity index (χ0) is 17.4. The topological polar surface area (TPSA) is 176 Å². The second-order valence-electron chi connectivity index (χ2n) is 2.57. The van der Waals surface area contributed by atoms with E-state index in [1.807, 2.05) is 6.92 Å². The third-order valence-corrected chi connectivity index (χ3v) is 1.56. The standard InChI is InChI=1S/C4H10O3S.3BFH2O2.Li.H/c1-2-3-4-8(5,6)7;3*2-1(3)4;;/h2-4H2,1H3,(H,5,6,7);3*3-4H;;/q;;;;+1;-1. The van der Waals surface area contributed by atoms with E-state index in [9.17, 15) is 21.4 Å². The molecule has 0 unspecified atom stereocenters. The first-order chi connectivity index (χ1) is 8.76. The smallest absolute Gasteiger partial charge is 1.00 e. The van der Waals surface area contributed by atoms with Crippen molar-refractivity contribution in [1.29, 1.82) is 0 Å². The van der Waals surface area contributed by atoms with E-state index < -0.39 is 32.3 Å². The van der Waals surface area contributed by atoms with Crippen molar-refractivity contribution in [2.75, 3.05) is 5.75 Å². The van der Waals surface area contributed by atoms with Gasteiger partial charge in [-0.05, 0) is 6.42 Å². The predicted octanol–water partition coefficient (Wildman–Crippen LogP) is -5.43. The molecule has 9 nitrogen and oxygen atoms in total. The van der Waals surface area contributed by atoms with Crippen molar-refractivity contribution in [2.24, 2.45) is 0 Å². The molecule has 7 N–H and O–H groups in total. The van der Waals surface area contributed by atoms with Crippen LogP contribution in [0.5, 0.6) is 0 Å². The van der Waals surface area contributed by atoms with Crippen LogP contribution in [0, 0.1) is 0 Å². The number of unbranched alkanes of at least 4 members (excludes halogenated alkanes) is 1. The van der Waals surface area contributed by atoms with Gasteiger partial charge < -0.3 is 31.6 Å². The fraction of sp³-hybridized carbons (Fsp3) is 1.00. The van der Waals surface area contributed by atoms with Crippen LogP contribution < -0.4 is 18.9 Å². The van der Waals surface area contributed by atoms with Crippen LogP contribution in [0.1, 0.15) is 21.2 Å². The van der Waals surface area contributed by atoms with Crippen molar-refractivity contribution in [1.82, 2.24) is 0 Å². The zero-order valence-corrected chi connectivity index (χ0v) is 12.2. The van der Waals surface area contributed by atoms with Crippen LogP contribution in [0.2, 0.25) is 0 Å². The van der Waals surface area contributed by atoms with Gasteiger partial charge in [0.1, 0.15) is 0 Å². The number of halogens is 3. The molecular weight excluding hydrogens is 320 g/mol. The van der Waals surface area contributed by atoms with Gasteiger partial charge in [0, 0.05) is 0 Å². The van der Waals surface area contributed by atoms with Gasteiger partial charge in [-0.3, -0.25) is 17.5 Å². The molecule has 0 saturated carbocycles. The van der Waals surface area contributed by atoms with E-state index in [1.165, 1.54) is 0 Å². The van der Waals surface area contributed by atoms with Crippen molar-refractivity contribution < 1.29 is 76.3 Å². The van der Waals surface area contributed by atoms with Crippen LogP contribution in [0.25, 0.3) is 0 Å². The molecule has 0 aliphatic rings. The van der Waals surface area contributed by atoms with Crippen LogP contribution >= 0.6 is 0 Å². The summed E-state index contributed by atoms with van der Waals surface area (Å²) >= 11 is 0. The van der Waals surface area contributed by atoms with Crippen LogP contribution in [0.3, 0.4) is 0 Å². The first-order valence-corrected chi connectivity index (χ1v) is 6.32. The largest absolute Gasteiger partial charge is 1.00 e. The van der Waals surface area contributed by atoms with Crippen molar-refractivity contribution in [3.63, 3.8) is 0 Å². The molecule has 17 heteroatoms. The Morgan fingerprint density at radius 1 is 0.905 bits per heavy atom. The Kier molecular flexibility index (Phi) is 35.4. The summed E-state index contributed by atoms with van der Waals surface area (Å²) in [5.41, 5.74) is 0.